The van der Waals surface area contributed by atoms with Gasteiger partial charge in [0.2, 0.25) is 0 Å². The van der Waals surface area contributed by atoms with Gasteiger partial charge in [-0.3, -0.25) is 0 Å². The molecule has 0 aliphatic heterocycles. The Kier molecular flexibility index (Phi) is 4.56. The Morgan fingerprint density at radius 1 is 0.424 bits per heavy atom. The Hall–Kier alpha value is -3.75. The third-order valence-electron chi connectivity index (χ3n) is 5.51. The molecule has 0 saturated heterocycles. The van der Waals surface area contributed by atoms with E-state index in [4.69, 9.17) is 0 Å². The fourth-order valence-electron chi connectivity index (χ4n) is 3.99. The number of benzene rings is 5. The highest BCUT2D eigenvalue weighted by molar-refractivity contribution is 6.07. The van der Waals surface area contributed by atoms with E-state index in [2.05, 4.69) is 0 Å². The number of fused-ring (bicyclic) bond motifs is 3. The van der Waals surface area contributed by atoms with Gasteiger partial charge in [-0.1, -0.05) is 24.3 Å². The van der Waals surface area contributed by atoms with Crippen LogP contribution in [0.4, 0.5) is 39.5 Å². The maximum atomic E-state index is 15.1. The first kappa shape index (κ1) is 21.1. The van der Waals surface area contributed by atoms with Crippen molar-refractivity contribution < 1.29 is 39.5 Å². The third kappa shape index (κ3) is 2.81. The molecule has 0 heterocycles. The average molecular weight is 466 g/mol. The molecule has 0 aromatic heterocycles. The summed E-state index contributed by atoms with van der Waals surface area (Å²) >= 11 is 0. The largest absolute Gasteiger partial charge is 0.206 e. The van der Waals surface area contributed by atoms with Crippen LogP contribution in [0.5, 0.6) is 0 Å². The van der Waals surface area contributed by atoms with E-state index >= 15 is 4.39 Å². The minimum absolute atomic E-state index is 0.113. The molecule has 0 fully saturated rings. The van der Waals surface area contributed by atoms with E-state index in [1.165, 1.54) is 12.1 Å². The second kappa shape index (κ2) is 7.13. The lowest BCUT2D eigenvalue weighted by Crippen LogP contribution is -2.02. The van der Waals surface area contributed by atoms with Crippen LogP contribution in [0.25, 0.3) is 43.4 Å². The quantitative estimate of drug-likeness (QED) is 0.101. The summed E-state index contributed by atoms with van der Waals surface area (Å²) in [6.45, 7) is 0. The van der Waals surface area contributed by atoms with Crippen LogP contribution in [0.1, 0.15) is 0 Å². The zero-order chi connectivity index (χ0) is 23.8. The number of rotatable bonds is 1. The van der Waals surface area contributed by atoms with Crippen molar-refractivity contribution in [2.24, 2.45) is 0 Å². The van der Waals surface area contributed by atoms with Gasteiger partial charge in [-0.15, -0.1) is 0 Å². The Morgan fingerprint density at radius 2 is 1.06 bits per heavy atom. The number of hydrogen-bond acceptors (Lipinski definition) is 0. The van der Waals surface area contributed by atoms with E-state index in [1.54, 1.807) is 0 Å². The highest BCUT2D eigenvalue weighted by Crippen LogP contribution is 2.41. The molecule has 0 N–H and O–H groups in total. The smallest absolute Gasteiger partial charge is 0.198 e. The Bertz CT molecular complexity index is 1650. The van der Waals surface area contributed by atoms with Crippen molar-refractivity contribution in [3.63, 3.8) is 0 Å². The second-order valence-electron chi connectivity index (χ2n) is 7.28. The summed E-state index contributed by atoms with van der Waals surface area (Å²) < 4.78 is 129. The van der Waals surface area contributed by atoms with Gasteiger partial charge in [0.15, 0.2) is 40.7 Å². The van der Waals surface area contributed by atoms with Gasteiger partial charge in [0.05, 0.1) is 10.8 Å². The second-order valence-corrected chi connectivity index (χ2v) is 7.28. The van der Waals surface area contributed by atoms with Crippen molar-refractivity contribution in [2.45, 2.75) is 0 Å². The van der Waals surface area contributed by atoms with Crippen LogP contribution in [0.3, 0.4) is 0 Å². The molecule has 0 amide bonds. The molecule has 0 aliphatic rings. The lowest BCUT2D eigenvalue weighted by Gasteiger charge is -2.15. The van der Waals surface area contributed by atoms with Gasteiger partial charge in [0.25, 0.3) is 0 Å². The summed E-state index contributed by atoms with van der Waals surface area (Å²) in [5.74, 6) is -16.1. The summed E-state index contributed by atoms with van der Waals surface area (Å²) in [6.07, 6.45) is 0. The van der Waals surface area contributed by atoms with E-state index < -0.39 is 90.4 Å². The molecule has 9 heteroatoms. The first-order valence-corrected chi connectivity index (χ1v) is 9.26. The topological polar surface area (TPSA) is 0 Å². The van der Waals surface area contributed by atoms with Crippen LogP contribution >= 0.6 is 0 Å². The van der Waals surface area contributed by atoms with Crippen molar-refractivity contribution >= 4 is 32.3 Å². The van der Waals surface area contributed by atoms with E-state index in [1.807, 2.05) is 0 Å². The zero-order valence-corrected chi connectivity index (χ0v) is 15.9. The Balaban J connectivity index is 1.96. The molecule has 0 unspecified atom stereocenters. The maximum absolute atomic E-state index is 15.1. The lowest BCUT2D eigenvalue weighted by molar-refractivity contribution is 0.418. The van der Waals surface area contributed by atoms with E-state index in [-0.39, 0.29) is 5.39 Å². The predicted molar refractivity (Wildman–Crippen MR) is 104 cm³/mol. The predicted octanol–water partition coefficient (Wildman–Crippen LogP) is 8.07. The molecule has 0 radical (unpaired) electrons. The molecule has 0 spiro atoms. The van der Waals surface area contributed by atoms with Gasteiger partial charge in [0.1, 0.15) is 11.6 Å². The average Bonchev–Trinajstić information content (AvgIpc) is 2.79. The molecule has 0 saturated carbocycles. The minimum atomic E-state index is -2.12. The standard InChI is InChI=1S/C24H7F9/c25-13-3-1-2-8-7-12-14(20(29)24(33)21(30)16(12)19(28)15(8)13)9-4-5-10-11(6-9)18(27)23(32)22(31)17(10)26/h1-7H. The first-order valence-electron chi connectivity index (χ1n) is 9.26. The molecule has 5 aromatic rings. The fraction of sp³-hybridized carbons (Fsp3) is 0. The van der Waals surface area contributed by atoms with Gasteiger partial charge in [-0.25, -0.2) is 39.5 Å². The van der Waals surface area contributed by atoms with Crippen LogP contribution in [0, 0.1) is 52.4 Å². The van der Waals surface area contributed by atoms with Gasteiger partial charge in [0, 0.05) is 16.3 Å². The summed E-state index contributed by atoms with van der Waals surface area (Å²) in [4.78, 5) is 0. The molecule has 5 rings (SSSR count). The van der Waals surface area contributed by atoms with Gasteiger partial charge in [-0.2, -0.15) is 0 Å². The van der Waals surface area contributed by atoms with Crippen LogP contribution in [0.2, 0.25) is 0 Å². The van der Waals surface area contributed by atoms with Crippen LogP contribution < -0.4 is 0 Å². The normalized spacial score (nSPS) is 11.8. The SMILES string of the molecule is Fc1c(F)c(F)c2cc(-c3c(F)c(F)c(F)c4c(F)c5c(F)cccc5cc34)ccc2c1F. The third-order valence-corrected chi connectivity index (χ3v) is 5.51. The molecule has 0 aliphatic carbocycles. The summed E-state index contributed by atoms with van der Waals surface area (Å²) in [5, 5.41) is -3.89. The molecule has 0 bridgehead atoms. The van der Waals surface area contributed by atoms with E-state index in [0.29, 0.717) is 6.07 Å². The van der Waals surface area contributed by atoms with E-state index in [0.717, 1.165) is 24.3 Å². The highest BCUT2D eigenvalue weighted by Gasteiger charge is 2.27. The maximum Gasteiger partial charge on any atom is 0.198 e. The van der Waals surface area contributed by atoms with Gasteiger partial charge < -0.3 is 0 Å². The van der Waals surface area contributed by atoms with Crippen LogP contribution in [0.15, 0.2) is 42.5 Å². The monoisotopic (exact) mass is 466 g/mol. The molecular weight excluding hydrogens is 459 g/mol. The zero-order valence-electron chi connectivity index (χ0n) is 15.9. The van der Waals surface area contributed by atoms with E-state index in [9.17, 15) is 35.1 Å². The van der Waals surface area contributed by atoms with Crippen molar-refractivity contribution in [1.29, 1.82) is 0 Å². The van der Waals surface area contributed by atoms with Crippen LogP contribution in [-0.2, 0) is 0 Å². The van der Waals surface area contributed by atoms with Gasteiger partial charge >= 0.3 is 0 Å². The van der Waals surface area contributed by atoms with Crippen molar-refractivity contribution in [2.75, 3.05) is 0 Å². The summed E-state index contributed by atoms with van der Waals surface area (Å²) in [5.41, 5.74) is -1.18. The summed E-state index contributed by atoms with van der Waals surface area (Å²) in [7, 11) is 0. The Morgan fingerprint density at radius 3 is 1.76 bits per heavy atom. The molecular formula is C24H7F9. The number of halogens is 9. The summed E-state index contributed by atoms with van der Waals surface area (Å²) in [6, 6.07) is 6.76. The van der Waals surface area contributed by atoms with Crippen LogP contribution in [-0.4, -0.2) is 0 Å². The molecule has 5 aromatic carbocycles. The lowest BCUT2D eigenvalue weighted by atomic mass is 9.92. The first-order chi connectivity index (χ1) is 15.6. The minimum Gasteiger partial charge on any atom is -0.206 e. The van der Waals surface area contributed by atoms with Crippen molar-refractivity contribution in [3.8, 4) is 11.1 Å². The molecule has 33 heavy (non-hydrogen) atoms. The number of hydrogen-bond donors (Lipinski definition) is 0. The van der Waals surface area contributed by atoms with Gasteiger partial charge in [-0.05, 0) is 34.5 Å². The Labute approximate surface area is 178 Å². The molecule has 166 valence electrons. The van der Waals surface area contributed by atoms with Crippen molar-refractivity contribution in [1.82, 2.24) is 0 Å². The van der Waals surface area contributed by atoms with Crippen molar-refractivity contribution in [3.05, 3.63) is 94.8 Å². The fourth-order valence-corrected chi connectivity index (χ4v) is 3.99. The molecule has 0 nitrogen and oxygen atoms in total. The highest BCUT2D eigenvalue weighted by atomic mass is 19.2. The molecule has 0 atom stereocenters.